The average molecular weight is 497 g/mol. The molecule has 0 bridgehead atoms. The molecule has 1 aromatic heterocycles. The molecule has 3 heterocycles. The zero-order valence-electron chi connectivity index (χ0n) is 17.8. The highest BCUT2D eigenvalue weighted by molar-refractivity contribution is 7.13. The number of rotatable bonds is 5. The van der Waals surface area contributed by atoms with Crippen molar-refractivity contribution < 1.29 is 24.3 Å². The minimum absolute atomic E-state index is 0.130. The fourth-order valence-electron chi connectivity index (χ4n) is 4.42. The Bertz CT molecular complexity index is 1360. The predicted octanol–water partition coefficient (Wildman–Crippen LogP) is 3.18. The van der Waals surface area contributed by atoms with Crippen LogP contribution in [0.4, 0.5) is 10.5 Å². The molecule has 2 aliphatic rings. The second-order valence-corrected chi connectivity index (χ2v) is 9.19. The monoisotopic (exact) mass is 496 g/mol. The fourth-order valence-corrected chi connectivity index (χ4v) is 5.41. The number of fused-ring (bicyclic) bond motifs is 2. The van der Waals surface area contributed by atoms with Gasteiger partial charge in [-0.2, -0.15) is 0 Å². The van der Waals surface area contributed by atoms with E-state index in [0.29, 0.717) is 5.69 Å². The van der Waals surface area contributed by atoms with Crippen molar-refractivity contribution in [1.82, 2.24) is 14.8 Å². The lowest BCUT2D eigenvalue weighted by Gasteiger charge is -2.27. The number of nitrogens with zero attached hydrogens (tertiary/aromatic N) is 4. The van der Waals surface area contributed by atoms with Crippen LogP contribution >= 0.6 is 22.9 Å². The van der Waals surface area contributed by atoms with Crippen LogP contribution in [-0.4, -0.2) is 57.3 Å². The Kier molecular flexibility index (Phi) is 5.14. The second-order valence-electron chi connectivity index (χ2n) is 7.90. The van der Waals surface area contributed by atoms with Crippen LogP contribution in [0.2, 0.25) is 5.02 Å². The van der Waals surface area contributed by atoms with E-state index >= 15 is 0 Å². The highest BCUT2D eigenvalue weighted by atomic mass is 35.5. The number of aliphatic carboxylic acids is 1. The van der Waals surface area contributed by atoms with Crippen LogP contribution in [-0.2, 0) is 26.5 Å². The number of carboxylic acids is 1. The molecule has 11 heteroatoms. The number of carboxylic acid groups (broad SMARTS) is 1. The Balaban J connectivity index is 1.53. The number of benzene rings is 2. The highest BCUT2D eigenvalue weighted by Gasteiger charge is 2.67. The summed E-state index contributed by atoms with van der Waals surface area (Å²) in [5.41, 5.74) is -0.213. The average Bonchev–Trinajstić information content (AvgIpc) is 3.43. The lowest BCUT2D eigenvalue weighted by atomic mass is 9.90. The number of urea groups is 1. The van der Waals surface area contributed by atoms with Crippen molar-refractivity contribution in [3.05, 3.63) is 70.2 Å². The van der Waals surface area contributed by atoms with Crippen molar-refractivity contribution in [3.8, 4) is 10.6 Å². The van der Waals surface area contributed by atoms with Crippen LogP contribution < -0.4 is 4.90 Å². The summed E-state index contributed by atoms with van der Waals surface area (Å²) >= 11 is 7.54. The maximum absolute atomic E-state index is 13.7. The highest BCUT2D eigenvalue weighted by Crippen LogP contribution is 2.49. The van der Waals surface area contributed by atoms with Crippen LogP contribution in [0.1, 0.15) is 11.3 Å². The number of halogens is 1. The first-order chi connectivity index (χ1) is 16.2. The van der Waals surface area contributed by atoms with Crippen LogP contribution in [0.25, 0.3) is 10.6 Å². The van der Waals surface area contributed by atoms with Gasteiger partial charge in [-0.25, -0.2) is 9.78 Å². The third kappa shape index (κ3) is 3.10. The molecule has 1 spiro atoms. The Hall–Kier alpha value is -3.76. The van der Waals surface area contributed by atoms with E-state index in [2.05, 4.69) is 4.98 Å². The molecule has 3 aromatic rings. The van der Waals surface area contributed by atoms with E-state index in [1.165, 1.54) is 36.6 Å². The Morgan fingerprint density at radius 1 is 1.09 bits per heavy atom. The number of anilines is 1. The largest absolute Gasteiger partial charge is 0.480 e. The maximum Gasteiger partial charge on any atom is 0.328 e. The van der Waals surface area contributed by atoms with Crippen molar-refractivity contribution in [2.24, 2.45) is 0 Å². The van der Waals surface area contributed by atoms with E-state index in [0.717, 1.165) is 25.3 Å². The fraction of sp³-hybridized carbons (Fsp3) is 0.174. The number of carbonyl (C=O) groups excluding carboxylic acids is 3. The third-order valence-electron chi connectivity index (χ3n) is 5.96. The normalized spacial score (nSPS) is 19.5. The number of thiazole rings is 1. The smallest absolute Gasteiger partial charge is 0.328 e. The number of amides is 4. The van der Waals surface area contributed by atoms with Crippen molar-refractivity contribution in [2.75, 3.05) is 18.5 Å². The number of hydrogen-bond donors (Lipinski definition) is 1. The molecule has 1 N–H and O–H groups in total. The van der Waals surface area contributed by atoms with Gasteiger partial charge in [-0.05, 0) is 18.2 Å². The molecule has 2 aliphatic heterocycles. The van der Waals surface area contributed by atoms with E-state index in [1.54, 1.807) is 5.38 Å². The molecule has 0 aliphatic carbocycles. The number of likely N-dealkylation sites (N-methyl/N-ethyl adjacent to an activating group) is 1. The Morgan fingerprint density at radius 2 is 1.79 bits per heavy atom. The van der Waals surface area contributed by atoms with Gasteiger partial charge in [0.2, 0.25) is 5.54 Å². The van der Waals surface area contributed by atoms with Gasteiger partial charge in [-0.15, -0.1) is 11.3 Å². The molecule has 4 amide bonds. The van der Waals surface area contributed by atoms with Gasteiger partial charge < -0.3 is 10.0 Å². The number of aromatic nitrogens is 1. The van der Waals surface area contributed by atoms with Gasteiger partial charge in [0.1, 0.15) is 11.6 Å². The number of carbonyl (C=O) groups is 4. The van der Waals surface area contributed by atoms with Crippen LogP contribution in [0.3, 0.4) is 0 Å². The first-order valence-electron chi connectivity index (χ1n) is 10.2. The van der Waals surface area contributed by atoms with Gasteiger partial charge >= 0.3 is 12.0 Å². The first-order valence-corrected chi connectivity index (χ1v) is 11.4. The minimum Gasteiger partial charge on any atom is -0.480 e. The molecule has 0 radical (unpaired) electrons. The summed E-state index contributed by atoms with van der Waals surface area (Å²) in [6.45, 7) is -0.785. The minimum atomic E-state index is -2.02. The molecule has 1 saturated heterocycles. The van der Waals surface area contributed by atoms with Crippen molar-refractivity contribution in [1.29, 1.82) is 0 Å². The molecule has 1 fully saturated rings. The van der Waals surface area contributed by atoms with Gasteiger partial charge in [0.15, 0.2) is 0 Å². The standard InChI is InChI=1S/C23H17ClN4O5S/c1-26-22(33)28(10-15-12-34-19(25-15)13-5-3-2-4-6-13)21(32)23(26)16-9-14(24)7-8-17(16)27(20(23)31)11-18(29)30/h2-9,12H,10-11H2,1H3,(H,29,30). The molecule has 1 atom stereocenters. The molecular formula is C23H17ClN4O5S. The summed E-state index contributed by atoms with van der Waals surface area (Å²) in [5.74, 6) is -2.83. The van der Waals surface area contributed by atoms with E-state index in [1.807, 2.05) is 30.3 Å². The van der Waals surface area contributed by atoms with E-state index in [-0.39, 0.29) is 22.8 Å². The SMILES string of the molecule is CN1C(=O)N(Cc2csc(-c3ccccc3)n2)C(=O)C12C(=O)N(CC(=O)O)c1ccc(Cl)cc12. The molecule has 1 unspecified atom stereocenters. The van der Waals surface area contributed by atoms with E-state index in [4.69, 9.17) is 11.6 Å². The quantitative estimate of drug-likeness (QED) is 0.429. The van der Waals surface area contributed by atoms with Crippen molar-refractivity contribution in [3.63, 3.8) is 0 Å². The van der Waals surface area contributed by atoms with Crippen LogP contribution in [0, 0.1) is 0 Å². The molecule has 34 heavy (non-hydrogen) atoms. The predicted molar refractivity (Wildman–Crippen MR) is 124 cm³/mol. The third-order valence-corrected chi connectivity index (χ3v) is 7.13. The lowest BCUT2D eigenvalue weighted by Crippen LogP contribution is -2.53. The molecule has 5 rings (SSSR count). The summed E-state index contributed by atoms with van der Waals surface area (Å²) in [6, 6.07) is 13.2. The summed E-state index contributed by atoms with van der Waals surface area (Å²) in [6.07, 6.45) is 0. The van der Waals surface area contributed by atoms with E-state index < -0.39 is 35.9 Å². The zero-order valence-corrected chi connectivity index (χ0v) is 19.3. The number of imide groups is 1. The molecule has 9 nitrogen and oxygen atoms in total. The Labute approximate surface area is 202 Å². The van der Waals surface area contributed by atoms with Gasteiger partial charge in [0.25, 0.3) is 11.8 Å². The maximum atomic E-state index is 13.7. The molecular weight excluding hydrogens is 480 g/mol. The topological polar surface area (TPSA) is 111 Å². The zero-order chi connectivity index (χ0) is 24.2. The van der Waals surface area contributed by atoms with Gasteiger partial charge in [0.05, 0.1) is 17.9 Å². The number of hydrogen-bond acceptors (Lipinski definition) is 6. The van der Waals surface area contributed by atoms with Crippen LogP contribution in [0.15, 0.2) is 53.9 Å². The first kappa shape index (κ1) is 22.1. The second kappa shape index (κ2) is 7.93. The van der Waals surface area contributed by atoms with Crippen molar-refractivity contribution in [2.45, 2.75) is 12.1 Å². The summed E-state index contributed by atoms with van der Waals surface area (Å²) in [5, 5.41) is 12.1. The molecule has 0 saturated carbocycles. The van der Waals surface area contributed by atoms with Gasteiger partial charge in [0, 0.05) is 28.6 Å². The Morgan fingerprint density at radius 3 is 2.50 bits per heavy atom. The summed E-state index contributed by atoms with van der Waals surface area (Å²) in [7, 11) is 1.35. The van der Waals surface area contributed by atoms with Gasteiger partial charge in [-0.3, -0.25) is 24.2 Å². The van der Waals surface area contributed by atoms with E-state index in [9.17, 15) is 24.3 Å². The molecule has 2 aromatic carbocycles. The summed E-state index contributed by atoms with van der Waals surface area (Å²) in [4.78, 5) is 59.5. The summed E-state index contributed by atoms with van der Waals surface area (Å²) < 4.78 is 0. The van der Waals surface area contributed by atoms with Crippen LogP contribution in [0.5, 0.6) is 0 Å². The lowest BCUT2D eigenvalue weighted by molar-refractivity contribution is -0.143. The van der Waals surface area contributed by atoms with Gasteiger partial charge in [-0.1, -0.05) is 41.9 Å². The molecule has 172 valence electrons. The van der Waals surface area contributed by atoms with Crippen molar-refractivity contribution >= 4 is 52.4 Å².